The first kappa shape index (κ1) is 17.5. The third-order valence-electron chi connectivity index (χ3n) is 3.91. The minimum Gasteiger partial charge on any atom is -0.368 e. The summed E-state index contributed by atoms with van der Waals surface area (Å²) in [5, 5.41) is 11.2. The van der Waals surface area contributed by atoms with E-state index in [1.807, 2.05) is 34.3 Å². The van der Waals surface area contributed by atoms with Gasteiger partial charge in [0.25, 0.3) is 5.91 Å². The highest BCUT2D eigenvalue weighted by atomic mass is 32.2. The maximum Gasteiger partial charge on any atom is 0.258 e. The number of nitrogens with one attached hydrogen (secondary N) is 1. The molecule has 4 aromatic rings. The summed E-state index contributed by atoms with van der Waals surface area (Å²) >= 11 is 2.64. The second-order valence-corrected chi connectivity index (χ2v) is 7.56. The van der Waals surface area contributed by atoms with Crippen LogP contribution in [0.5, 0.6) is 0 Å². The number of amides is 1. The standard InChI is InChI=1S/C18H16N6OS2/c19-16-21-17(23-22-16)27-11-15(25)20-18-24(8-9-26-18)10-13-6-3-5-12-4-1-2-7-14(12)13/h1-9H,10-11H2,(H3,19,21,22,23). The molecule has 0 fully saturated rings. The fraction of sp³-hybridized carbons (Fsp3) is 0.111. The number of hydrogen-bond acceptors (Lipinski definition) is 6. The first-order chi connectivity index (χ1) is 13.2. The lowest BCUT2D eigenvalue weighted by Crippen LogP contribution is -2.17. The number of nitrogens with two attached hydrogens (primary N) is 1. The van der Waals surface area contributed by atoms with Crippen molar-refractivity contribution in [3.63, 3.8) is 0 Å². The second kappa shape index (κ2) is 7.77. The van der Waals surface area contributed by atoms with Gasteiger partial charge in [0.05, 0.1) is 12.3 Å². The summed E-state index contributed by atoms with van der Waals surface area (Å²) in [6.45, 7) is 0.654. The van der Waals surface area contributed by atoms with Crippen LogP contribution in [-0.2, 0) is 11.3 Å². The molecular formula is C18H16N6OS2. The van der Waals surface area contributed by atoms with Crippen LogP contribution in [0.1, 0.15) is 5.56 Å². The lowest BCUT2D eigenvalue weighted by molar-refractivity contribution is -0.115. The number of thioether (sulfide) groups is 1. The van der Waals surface area contributed by atoms with Crippen LogP contribution in [0.15, 0.2) is 64.2 Å². The molecule has 0 atom stereocenters. The summed E-state index contributed by atoms with van der Waals surface area (Å²) in [4.78, 5) is 21.1. The Balaban J connectivity index is 1.53. The van der Waals surface area contributed by atoms with Crippen molar-refractivity contribution in [3.05, 3.63) is 64.4 Å². The molecule has 2 aromatic carbocycles. The summed E-state index contributed by atoms with van der Waals surface area (Å²) in [7, 11) is 0. The number of thiazole rings is 1. The summed E-state index contributed by atoms with van der Waals surface area (Å²) in [5.41, 5.74) is 6.66. The molecule has 4 rings (SSSR count). The van der Waals surface area contributed by atoms with Gasteiger partial charge >= 0.3 is 0 Å². The van der Waals surface area contributed by atoms with Crippen LogP contribution in [0, 0.1) is 0 Å². The van der Waals surface area contributed by atoms with E-state index in [2.05, 4.69) is 44.4 Å². The number of carbonyl (C=O) groups excluding carboxylic acids is 1. The van der Waals surface area contributed by atoms with Gasteiger partial charge < -0.3 is 10.3 Å². The minimum absolute atomic E-state index is 0.156. The molecule has 0 saturated heterocycles. The monoisotopic (exact) mass is 396 g/mol. The van der Waals surface area contributed by atoms with Gasteiger partial charge in [-0.3, -0.25) is 4.79 Å². The molecule has 0 unspecified atom stereocenters. The number of H-pyrrole nitrogens is 1. The normalized spacial score (nSPS) is 11.9. The highest BCUT2D eigenvalue weighted by molar-refractivity contribution is 7.99. The SMILES string of the molecule is Nc1nc(SCC(=O)N=c2sccn2Cc2cccc3ccccc23)n[nH]1. The largest absolute Gasteiger partial charge is 0.368 e. The Morgan fingerprint density at radius 3 is 2.96 bits per heavy atom. The first-order valence-corrected chi connectivity index (χ1v) is 10.0. The molecule has 3 N–H and O–H groups in total. The van der Waals surface area contributed by atoms with Crippen molar-refractivity contribution < 1.29 is 4.79 Å². The number of rotatable bonds is 5. The highest BCUT2D eigenvalue weighted by Gasteiger charge is 2.07. The van der Waals surface area contributed by atoms with E-state index >= 15 is 0 Å². The van der Waals surface area contributed by atoms with Gasteiger partial charge in [-0.05, 0) is 16.3 Å². The summed E-state index contributed by atoms with van der Waals surface area (Å²) in [5.74, 6) is 0.147. The molecule has 7 nitrogen and oxygen atoms in total. The van der Waals surface area contributed by atoms with Crippen LogP contribution in [0.2, 0.25) is 0 Å². The molecule has 2 aromatic heterocycles. The Labute approximate surface area is 163 Å². The fourth-order valence-corrected chi connectivity index (χ4v) is 4.04. The van der Waals surface area contributed by atoms with Crippen LogP contribution in [-0.4, -0.2) is 31.4 Å². The number of nitrogens with zero attached hydrogens (tertiary/aromatic N) is 4. The highest BCUT2D eigenvalue weighted by Crippen LogP contribution is 2.19. The molecule has 2 heterocycles. The molecule has 0 aliphatic carbocycles. The number of nitrogen functional groups attached to an aromatic ring is 1. The van der Waals surface area contributed by atoms with E-state index in [1.165, 1.54) is 39.4 Å². The van der Waals surface area contributed by atoms with Gasteiger partial charge in [-0.2, -0.15) is 9.98 Å². The Morgan fingerprint density at radius 2 is 2.11 bits per heavy atom. The van der Waals surface area contributed by atoms with E-state index in [0.29, 0.717) is 16.5 Å². The number of hydrogen-bond donors (Lipinski definition) is 2. The number of fused-ring (bicyclic) bond motifs is 1. The van der Waals surface area contributed by atoms with E-state index in [0.717, 1.165) is 0 Å². The zero-order valence-electron chi connectivity index (χ0n) is 14.2. The molecule has 9 heteroatoms. The van der Waals surface area contributed by atoms with Crippen LogP contribution >= 0.6 is 23.1 Å². The smallest absolute Gasteiger partial charge is 0.258 e. The molecule has 0 aliphatic heterocycles. The topological polar surface area (TPSA) is 102 Å². The summed E-state index contributed by atoms with van der Waals surface area (Å²) in [6.07, 6.45) is 1.95. The van der Waals surface area contributed by atoms with Crippen LogP contribution < -0.4 is 10.5 Å². The molecule has 0 aliphatic rings. The first-order valence-electron chi connectivity index (χ1n) is 8.18. The van der Waals surface area contributed by atoms with Gasteiger partial charge in [0, 0.05) is 11.6 Å². The van der Waals surface area contributed by atoms with Crippen molar-refractivity contribution in [2.75, 3.05) is 11.5 Å². The van der Waals surface area contributed by atoms with E-state index in [9.17, 15) is 4.79 Å². The number of aromatic nitrogens is 4. The van der Waals surface area contributed by atoms with Gasteiger partial charge in [0.2, 0.25) is 11.1 Å². The van der Waals surface area contributed by atoms with Crippen molar-refractivity contribution in [1.82, 2.24) is 19.7 Å². The minimum atomic E-state index is -0.238. The average Bonchev–Trinajstić information content (AvgIpc) is 3.29. The number of anilines is 1. The van der Waals surface area contributed by atoms with E-state index in [-0.39, 0.29) is 17.6 Å². The quantitative estimate of drug-likeness (QED) is 0.505. The van der Waals surface area contributed by atoms with E-state index < -0.39 is 0 Å². The lowest BCUT2D eigenvalue weighted by Gasteiger charge is -2.07. The summed E-state index contributed by atoms with van der Waals surface area (Å²) in [6, 6.07) is 14.5. The van der Waals surface area contributed by atoms with E-state index in [1.54, 1.807) is 0 Å². The molecule has 136 valence electrons. The zero-order valence-corrected chi connectivity index (χ0v) is 15.8. The molecule has 1 amide bonds. The van der Waals surface area contributed by atoms with Gasteiger partial charge in [-0.1, -0.05) is 54.2 Å². The van der Waals surface area contributed by atoms with Crippen molar-refractivity contribution in [1.29, 1.82) is 0 Å². The van der Waals surface area contributed by atoms with Crippen molar-refractivity contribution in [2.24, 2.45) is 4.99 Å². The fourth-order valence-electron chi connectivity index (χ4n) is 2.71. The Kier molecular flexibility index (Phi) is 5.03. The van der Waals surface area contributed by atoms with Gasteiger partial charge in [0.1, 0.15) is 0 Å². The molecule has 27 heavy (non-hydrogen) atoms. The van der Waals surface area contributed by atoms with Crippen LogP contribution in [0.25, 0.3) is 10.8 Å². The molecule has 0 saturated carbocycles. The third-order valence-corrected chi connectivity index (χ3v) is 5.53. The molecule has 0 bridgehead atoms. The maximum absolute atomic E-state index is 12.2. The van der Waals surface area contributed by atoms with Crippen molar-refractivity contribution >= 4 is 45.7 Å². The van der Waals surface area contributed by atoms with Crippen LogP contribution in [0.4, 0.5) is 5.95 Å². The third kappa shape index (κ3) is 4.09. The number of benzene rings is 2. The Hall–Kier alpha value is -2.91. The number of aromatic amines is 1. The number of carbonyl (C=O) groups is 1. The van der Waals surface area contributed by atoms with E-state index in [4.69, 9.17) is 5.73 Å². The maximum atomic E-state index is 12.2. The lowest BCUT2D eigenvalue weighted by atomic mass is 10.0. The van der Waals surface area contributed by atoms with Gasteiger partial charge in [-0.15, -0.1) is 16.4 Å². The molecular weight excluding hydrogens is 380 g/mol. The second-order valence-electron chi connectivity index (χ2n) is 5.75. The van der Waals surface area contributed by atoms with Gasteiger partial charge in [0.15, 0.2) is 4.80 Å². The van der Waals surface area contributed by atoms with Crippen molar-refractivity contribution in [3.8, 4) is 0 Å². The zero-order chi connectivity index (χ0) is 18.6. The van der Waals surface area contributed by atoms with Crippen LogP contribution in [0.3, 0.4) is 0 Å². The summed E-state index contributed by atoms with van der Waals surface area (Å²) < 4.78 is 1.99. The average molecular weight is 397 g/mol. The van der Waals surface area contributed by atoms with Crippen molar-refractivity contribution in [2.45, 2.75) is 11.7 Å². The molecule has 0 spiro atoms. The Bertz CT molecular complexity index is 1150. The predicted octanol–water partition coefficient (Wildman–Crippen LogP) is 2.67. The predicted molar refractivity (Wildman–Crippen MR) is 107 cm³/mol. The Morgan fingerprint density at radius 1 is 1.26 bits per heavy atom. The molecule has 0 radical (unpaired) electrons. The van der Waals surface area contributed by atoms with Gasteiger partial charge in [-0.25, -0.2) is 5.10 Å².